The average molecular weight is 377 g/mol. The predicted molar refractivity (Wildman–Crippen MR) is 102 cm³/mol. The number of hydrogen-bond acceptors (Lipinski definition) is 6. The Morgan fingerprint density at radius 3 is 2.79 bits per heavy atom. The van der Waals surface area contributed by atoms with Crippen molar-refractivity contribution in [3.63, 3.8) is 0 Å². The Bertz CT molecular complexity index is 1210. The summed E-state index contributed by atoms with van der Waals surface area (Å²) in [5, 5.41) is 18.7. The van der Waals surface area contributed by atoms with Gasteiger partial charge in [-0.2, -0.15) is 5.10 Å². The van der Waals surface area contributed by atoms with Gasteiger partial charge in [0.1, 0.15) is 5.69 Å². The molecule has 0 atom stereocenters. The molecule has 140 valence electrons. The molecule has 0 saturated carbocycles. The number of aromatic nitrogens is 3. The van der Waals surface area contributed by atoms with Gasteiger partial charge in [0.15, 0.2) is 11.4 Å². The lowest BCUT2D eigenvalue weighted by molar-refractivity contribution is -0.384. The Labute approximate surface area is 158 Å². The number of rotatable bonds is 4. The molecule has 0 saturated heterocycles. The van der Waals surface area contributed by atoms with Gasteiger partial charge in [-0.3, -0.25) is 19.6 Å². The number of pyridine rings is 1. The van der Waals surface area contributed by atoms with Crippen LogP contribution in [-0.2, 0) is 7.05 Å². The highest BCUT2D eigenvalue weighted by Gasteiger charge is 2.20. The summed E-state index contributed by atoms with van der Waals surface area (Å²) < 4.78 is 7.01. The van der Waals surface area contributed by atoms with E-state index in [-0.39, 0.29) is 5.69 Å². The van der Waals surface area contributed by atoms with E-state index >= 15 is 0 Å². The molecule has 9 nitrogen and oxygen atoms in total. The molecular formula is C19H15N5O4. The van der Waals surface area contributed by atoms with Crippen molar-refractivity contribution in [3.05, 3.63) is 70.1 Å². The molecule has 0 radical (unpaired) electrons. The molecule has 4 rings (SSSR count). The van der Waals surface area contributed by atoms with Crippen LogP contribution in [0.25, 0.3) is 22.5 Å². The van der Waals surface area contributed by atoms with Gasteiger partial charge in [0, 0.05) is 24.9 Å². The summed E-state index contributed by atoms with van der Waals surface area (Å²) in [5.41, 5.74) is 2.26. The van der Waals surface area contributed by atoms with Gasteiger partial charge >= 0.3 is 0 Å². The van der Waals surface area contributed by atoms with Crippen LogP contribution < -0.4 is 5.32 Å². The van der Waals surface area contributed by atoms with Gasteiger partial charge in [-0.15, -0.1) is 0 Å². The molecule has 1 amide bonds. The van der Waals surface area contributed by atoms with Crippen LogP contribution in [-0.4, -0.2) is 25.6 Å². The molecule has 0 aliphatic rings. The standard InChI is InChI=1S/C19H15N5O4/c1-11-17-14(19(25)20-12-5-3-6-13(9-12)24(26)27)10-15(16-7-4-8-28-16)21-18(17)23(2)22-11/h3-10H,1-2H3,(H,20,25). The molecule has 0 unspecified atom stereocenters. The van der Waals surface area contributed by atoms with Crippen molar-refractivity contribution in [2.45, 2.75) is 6.92 Å². The molecule has 0 bridgehead atoms. The molecule has 0 aliphatic heterocycles. The van der Waals surface area contributed by atoms with E-state index in [1.54, 1.807) is 42.9 Å². The first-order valence-corrected chi connectivity index (χ1v) is 8.38. The number of nitrogens with zero attached hydrogens (tertiary/aromatic N) is 4. The Kier molecular flexibility index (Phi) is 4.11. The third-order valence-electron chi connectivity index (χ3n) is 4.30. The van der Waals surface area contributed by atoms with Crippen molar-refractivity contribution in [3.8, 4) is 11.5 Å². The van der Waals surface area contributed by atoms with Gasteiger partial charge in [0.05, 0.1) is 27.8 Å². The van der Waals surface area contributed by atoms with E-state index in [1.165, 1.54) is 24.5 Å². The predicted octanol–water partition coefficient (Wildman–Crippen LogP) is 3.70. The molecule has 9 heteroatoms. The largest absolute Gasteiger partial charge is 0.463 e. The zero-order valence-electron chi connectivity index (χ0n) is 15.0. The quantitative estimate of drug-likeness (QED) is 0.428. The SMILES string of the molecule is Cc1nn(C)c2nc(-c3ccco3)cc(C(=O)Nc3cccc([N+](=O)[O-])c3)c12. The summed E-state index contributed by atoms with van der Waals surface area (Å²) in [6.45, 7) is 1.79. The minimum Gasteiger partial charge on any atom is -0.463 e. The highest BCUT2D eigenvalue weighted by molar-refractivity contribution is 6.13. The second-order valence-electron chi connectivity index (χ2n) is 6.20. The lowest BCUT2D eigenvalue weighted by Gasteiger charge is -2.08. The van der Waals surface area contributed by atoms with E-state index < -0.39 is 10.8 Å². The minimum absolute atomic E-state index is 0.105. The van der Waals surface area contributed by atoms with E-state index in [9.17, 15) is 14.9 Å². The second kappa shape index (κ2) is 6.62. The number of fused-ring (bicyclic) bond motifs is 1. The Morgan fingerprint density at radius 2 is 2.07 bits per heavy atom. The van der Waals surface area contributed by atoms with Gasteiger partial charge in [0.2, 0.25) is 0 Å². The summed E-state index contributed by atoms with van der Waals surface area (Å²) in [7, 11) is 1.75. The van der Waals surface area contributed by atoms with Crippen LogP contribution in [0, 0.1) is 17.0 Å². The first-order chi connectivity index (χ1) is 13.4. The number of amides is 1. The summed E-state index contributed by atoms with van der Waals surface area (Å²) in [6.07, 6.45) is 1.53. The number of nitro groups is 1. The molecule has 0 spiro atoms. The van der Waals surface area contributed by atoms with Gasteiger partial charge in [-0.25, -0.2) is 4.98 Å². The second-order valence-corrected chi connectivity index (χ2v) is 6.20. The van der Waals surface area contributed by atoms with E-state index in [0.717, 1.165) is 0 Å². The number of hydrogen-bond donors (Lipinski definition) is 1. The third-order valence-corrected chi connectivity index (χ3v) is 4.30. The summed E-state index contributed by atoms with van der Waals surface area (Å²) in [6, 6.07) is 10.9. The van der Waals surface area contributed by atoms with Gasteiger partial charge in [0.25, 0.3) is 11.6 Å². The lowest BCUT2D eigenvalue weighted by atomic mass is 10.1. The van der Waals surface area contributed by atoms with E-state index in [4.69, 9.17) is 4.42 Å². The third kappa shape index (κ3) is 2.98. The number of benzene rings is 1. The number of aryl methyl sites for hydroxylation is 2. The fourth-order valence-electron chi connectivity index (χ4n) is 3.07. The number of anilines is 1. The first-order valence-electron chi connectivity index (χ1n) is 8.38. The number of furan rings is 1. The van der Waals surface area contributed by atoms with Crippen LogP contribution in [0.1, 0.15) is 16.1 Å². The Hall–Kier alpha value is -4.01. The zero-order valence-corrected chi connectivity index (χ0v) is 15.0. The van der Waals surface area contributed by atoms with Crippen molar-refractivity contribution in [2.75, 3.05) is 5.32 Å². The topological polar surface area (TPSA) is 116 Å². The smallest absolute Gasteiger partial charge is 0.271 e. The van der Waals surface area contributed by atoms with Gasteiger partial charge in [-0.05, 0) is 31.2 Å². The van der Waals surface area contributed by atoms with E-state index in [0.29, 0.717) is 39.4 Å². The maximum Gasteiger partial charge on any atom is 0.271 e. The number of nitrogens with one attached hydrogen (secondary N) is 1. The summed E-state index contributed by atoms with van der Waals surface area (Å²) in [4.78, 5) is 28.0. The maximum atomic E-state index is 13.0. The fourth-order valence-corrected chi connectivity index (χ4v) is 3.07. The molecule has 3 aromatic heterocycles. The number of carbonyl (C=O) groups is 1. The summed E-state index contributed by atoms with van der Waals surface area (Å²) >= 11 is 0. The molecule has 4 aromatic rings. The van der Waals surface area contributed by atoms with E-state index in [2.05, 4.69) is 15.4 Å². The molecule has 0 fully saturated rings. The average Bonchev–Trinajstić information content (AvgIpc) is 3.30. The molecule has 1 aromatic carbocycles. The first kappa shape index (κ1) is 17.4. The van der Waals surface area contributed by atoms with Crippen molar-refractivity contribution in [2.24, 2.45) is 7.05 Å². The molecule has 3 heterocycles. The summed E-state index contributed by atoms with van der Waals surface area (Å²) in [5.74, 6) is 0.0990. The van der Waals surface area contributed by atoms with Crippen molar-refractivity contribution < 1.29 is 14.1 Å². The minimum atomic E-state index is -0.513. The lowest BCUT2D eigenvalue weighted by Crippen LogP contribution is -2.13. The Balaban J connectivity index is 1.81. The van der Waals surface area contributed by atoms with Crippen molar-refractivity contribution >= 4 is 28.3 Å². The maximum absolute atomic E-state index is 13.0. The van der Waals surface area contributed by atoms with Crippen LogP contribution in [0.4, 0.5) is 11.4 Å². The highest BCUT2D eigenvalue weighted by atomic mass is 16.6. The molecule has 28 heavy (non-hydrogen) atoms. The fraction of sp³-hybridized carbons (Fsp3) is 0.105. The van der Waals surface area contributed by atoms with E-state index in [1.807, 2.05) is 0 Å². The number of non-ortho nitro benzene ring substituents is 1. The van der Waals surface area contributed by atoms with Crippen LogP contribution in [0.5, 0.6) is 0 Å². The van der Waals surface area contributed by atoms with Crippen LogP contribution >= 0.6 is 0 Å². The molecule has 1 N–H and O–H groups in total. The monoisotopic (exact) mass is 377 g/mol. The van der Waals surface area contributed by atoms with Crippen LogP contribution in [0.3, 0.4) is 0 Å². The zero-order chi connectivity index (χ0) is 19.8. The van der Waals surface area contributed by atoms with Crippen molar-refractivity contribution in [1.29, 1.82) is 0 Å². The molecule has 0 aliphatic carbocycles. The Morgan fingerprint density at radius 1 is 1.25 bits per heavy atom. The van der Waals surface area contributed by atoms with Crippen LogP contribution in [0.2, 0.25) is 0 Å². The highest BCUT2D eigenvalue weighted by Crippen LogP contribution is 2.28. The number of carbonyl (C=O) groups excluding carboxylic acids is 1. The van der Waals surface area contributed by atoms with Gasteiger partial charge < -0.3 is 9.73 Å². The van der Waals surface area contributed by atoms with Crippen LogP contribution in [0.15, 0.2) is 53.1 Å². The number of nitro benzene ring substituents is 1. The van der Waals surface area contributed by atoms with Gasteiger partial charge in [-0.1, -0.05) is 6.07 Å². The normalized spacial score (nSPS) is 10.9. The van der Waals surface area contributed by atoms with Crippen molar-refractivity contribution in [1.82, 2.24) is 14.8 Å². The molecular weight excluding hydrogens is 362 g/mol.